The summed E-state index contributed by atoms with van der Waals surface area (Å²) in [5.41, 5.74) is 8.47. The van der Waals surface area contributed by atoms with Crippen LogP contribution >= 0.6 is 0 Å². The van der Waals surface area contributed by atoms with E-state index in [2.05, 4.69) is 20.5 Å². The highest BCUT2D eigenvalue weighted by Gasteiger charge is 2.17. The van der Waals surface area contributed by atoms with Gasteiger partial charge in [0.15, 0.2) is 0 Å². The van der Waals surface area contributed by atoms with E-state index in [1.54, 1.807) is 24.3 Å². The van der Waals surface area contributed by atoms with Crippen LogP contribution in [0.5, 0.6) is 0 Å². The lowest BCUT2D eigenvalue weighted by Gasteiger charge is -2.08. The van der Waals surface area contributed by atoms with Crippen LogP contribution in [-0.2, 0) is 20.2 Å². The van der Waals surface area contributed by atoms with Crippen LogP contribution < -0.4 is 5.73 Å². The van der Waals surface area contributed by atoms with Gasteiger partial charge in [-0.2, -0.15) is 16.8 Å². The first-order valence-electron chi connectivity index (χ1n) is 12.6. The molecule has 0 bridgehead atoms. The van der Waals surface area contributed by atoms with Crippen molar-refractivity contribution in [2.75, 3.05) is 5.73 Å². The molecule has 0 saturated carbocycles. The molecule has 0 fully saturated rings. The van der Waals surface area contributed by atoms with Crippen LogP contribution in [0.25, 0.3) is 32.3 Å². The number of fused-ring (bicyclic) bond motifs is 3. The molecule has 0 heterocycles. The summed E-state index contributed by atoms with van der Waals surface area (Å²) in [5, 5.41) is 21.2. The SMILES string of the molecule is Nc1ccc(N=Nc2ccc(N=Nc3cc(S(=O)(=O)O)cc4cc(S(=O)(=O)O)ccc34)c3ccccc23)c2ccccc12. The fraction of sp³-hybridized carbons (Fsp3) is 0. The second kappa shape index (κ2) is 10.6. The molecular formula is C30H21N5O6S2. The van der Waals surface area contributed by atoms with Gasteiger partial charge in [-0.3, -0.25) is 9.11 Å². The van der Waals surface area contributed by atoms with Gasteiger partial charge >= 0.3 is 0 Å². The zero-order valence-electron chi connectivity index (χ0n) is 22.0. The van der Waals surface area contributed by atoms with E-state index < -0.39 is 30.0 Å². The number of nitrogens with zero attached hydrogens (tertiary/aromatic N) is 4. The number of hydrogen-bond acceptors (Lipinski definition) is 9. The van der Waals surface area contributed by atoms with Gasteiger partial charge in [-0.1, -0.05) is 54.6 Å². The lowest BCUT2D eigenvalue weighted by Crippen LogP contribution is -2.00. The Morgan fingerprint density at radius 3 is 1.44 bits per heavy atom. The van der Waals surface area contributed by atoms with Gasteiger partial charge in [0.05, 0.1) is 32.5 Å². The predicted octanol–water partition coefficient (Wildman–Crippen LogP) is 8.05. The van der Waals surface area contributed by atoms with E-state index in [1.165, 1.54) is 6.07 Å². The Morgan fingerprint density at radius 2 is 0.907 bits per heavy atom. The van der Waals surface area contributed by atoms with Crippen molar-refractivity contribution >= 4 is 81.0 Å². The van der Waals surface area contributed by atoms with E-state index >= 15 is 0 Å². The minimum atomic E-state index is -4.68. The summed E-state index contributed by atoms with van der Waals surface area (Å²) < 4.78 is 66.2. The monoisotopic (exact) mass is 611 g/mol. The normalized spacial score (nSPS) is 12.7. The molecule has 0 aliphatic heterocycles. The number of anilines is 1. The Morgan fingerprint density at radius 1 is 0.465 bits per heavy atom. The molecule has 0 radical (unpaired) electrons. The van der Waals surface area contributed by atoms with Crippen molar-refractivity contribution in [2.24, 2.45) is 20.5 Å². The molecule has 43 heavy (non-hydrogen) atoms. The van der Waals surface area contributed by atoms with Crippen molar-refractivity contribution < 1.29 is 25.9 Å². The highest BCUT2D eigenvalue weighted by atomic mass is 32.2. The van der Waals surface area contributed by atoms with Crippen molar-refractivity contribution in [3.8, 4) is 0 Å². The molecule has 0 unspecified atom stereocenters. The van der Waals surface area contributed by atoms with Crippen LogP contribution in [-0.4, -0.2) is 25.9 Å². The minimum absolute atomic E-state index is 0.0510. The van der Waals surface area contributed by atoms with Gasteiger partial charge < -0.3 is 5.73 Å². The van der Waals surface area contributed by atoms with Crippen LogP contribution in [0, 0.1) is 0 Å². The molecule has 6 aromatic carbocycles. The number of nitrogens with two attached hydrogens (primary N) is 1. The second-order valence-corrected chi connectivity index (χ2v) is 12.4. The van der Waals surface area contributed by atoms with Gasteiger partial charge in [-0.25, -0.2) is 0 Å². The Labute approximate surface area is 245 Å². The molecule has 0 aromatic heterocycles. The Hall–Kier alpha value is -5.08. The molecular weight excluding hydrogens is 590 g/mol. The molecule has 6 rings (SSSR count). The maximum absolute atomic E-state index is 11.9. The van der Waals surface area contributed by atoms with Gasteiger partial charge in [0, 0.05) is 32.6 Å². The fourth-order valence-electron chi connectivity index (χ4n) is 4.74. The molecule has 0 aliphatic rings. The first-order chi connectivity index (χ1) is 20.5. The third kappa shape index (κ3) is 5.57. The van der Waals surface area contributed by atoms with E-state index in [4.69, 9.17) is 5.73 Å². The van der Waals surface area contributed by atoms with Crippen molar-refractivity contribution in [1.29, 1.82) is 0 Å². The predicted molar refractivity (Wildman–Crippen MR) is 164 cm³/mol. The molecule has 0 saturated heterocycles. The first-order valence-corrected chi connectivity index (χ1v) is 15.5. The zero-order chi connectivity index (χ0) is 30.4. The number of rotatable bonds is 6. The quantitative estimate of drug-likeness (QED) is 0.0965. The summed E-state index contributed by atoms with van der Waals surface area (Å²) >= 11 is 0. The summed E-state index contributed by atoms with van der Waals surface area (Å²) in [4.78, 5) is -0.963. The van der Waals surface area contributed by atoms with Gasteiger partial charge in [0.2, 0.25) is 0 Å². The van der Waals surface area contributed by atoms with Gasteiger partial charge in [-0.15, -0.1) is 20.5 Å². The van der Waals surface area contributed by atoms with Crippen molar-refractivity contribution in [2.45, 2.75) is 9.79 Å². The average molecular weight is 612 g/mol. The van der Waals surface area contributed by atoms with Crippen LogP contribution in [0.3, 0.4) is 0 Å². The van der Waals surface area contributed by atoms with E-state index in [0.29, 0.717) is 33.5 Å². The van der Waals surface area contributed by atoms with E-state index in [9.17, 15) is 25.9 Å². The topological polar surface area (TPSA) is 184 Å². The fourth-order valence-corrected chi connectivity index (χ4v) is 5.80. The molecule has 6 aromatic rings. The number of nitrogen functional groups attached to an aromatic ring is 1. The smallest absolute Gasteiger partial charge is 0.294 e. The lowest BCUT2D eigenvalue weighted by atomic mass is 10.1. The molecule has 0 aliphatic carbocycles. The first kappa shape index (κ1) is 28.1. The van der Waals surface area contributed by atoms with Crippen LogP contribution in [0.2, 0.25) is 0 Å². The Kier molecular flexibility index (Phi) is 6.94. The maximum Gasteiger partial charge on any atom is 0.294 e. The summed E-state index contributed by atoms with van der Waals surface area (Å²) in [7, 11) is -9.24. The molecule has 214 valence electrons. The van der Waals surface area contributed by atoms with Crippen LogP contribution in [0.15, 0.2) is 133 Å². The third-order valence-electron chi connectivity index (χ3n) is 6.82. The van der Waals surface area contributed by atoms with Crippen molar-refractivity contribution in [1.82, 2.24) is 0 Å². The van der Waals surface area contributed by atoms with Crippen LogP contribution in [0.4, 0.5) is 28.4 Å². The lowest BCUT2D eigenvalue weighted by molar-refractivity contribution is 0.481. The van der Waals surface area contributed by atoms with Crippen molar-refractivity contribution in [3.63, 3.8) is 0 Å². The Balaban J connectivity index is 1.43. The number of benzene rings is 6. The van der Waals surface area contributed by atoms with Gasteiger partial charge in [0.1, 0.15) is 0 Å². The van der Waals surface area contributed by atoms with Crippen molar-refractivity contribution in [3.05, 3.63) is 103 Å². The third-order valence-corrected chi connectivity index (χ3v) is 8.50. The second-order valence-electron chi connectivity index (χ2n) is 9.54. The summed E-state index contributed by atoms with van der Waals surface area (Å²) in [5.74, 6) is 0. The van der Waals surface area contributed by atoms with Gasteiger partial charge in [-0.05, 0) is 53.9 Å². The largest absolute Gasteiger partial charge is 0.398 e. The van der Waals surface area contributed by atoms with E-state index in [1.807, 2.05) is 48.5 Å². The summed E-state index contributed by atoms with van der Waals surface area (Å²) in [6, 6.07) is 27.8. The summed E-state index contributed by atoms with van der Waals surface area (Å²) in [6.07, 6.45) is 0. The van der Waals surface area contributed by atoms with Crippen LogP contribution in [0.1, 0.15) is 0 Å². The highest BCUT2D eigenvalue weighted by Crippen LogP contribution is 2.38. The maximum atomic E-state index is 11.9. The van der Waals surface area contributed by atoms with E-state index in [-0.39, 0.29) is 11.1 Å². The van der Waals surface area contributed by atoms with Gasteiger partial charge in [0.25, 0.3) is 20.2 Å². The molecule has 13 heteroatoms. The minimum Gasteiger partial charge on any atom is -0.398 e. The molecule has 11 nitrogen and oxygen atoms in total. The Bertz CT molecular complexity index is 2370. The zero-order valence-corrected chi connectivity index (χ0v) is 23.7. The molecule has 0 atom stereocenters. The molecule has 4 N–H and O–H groups in total. The number of hydrogen-bond donors (Lipinski definition) is 3. The standard InChI is InChI=1S/C30H21N5O6S2/c31-26-11-12-27(23-6-2-1-5-22(23)26)32-33-28-13-14-29(25-8-4-3-7-24(25)28)34-35-30-17-20(43(39,40)41)16-18-15-19(42(36,37)38)9-10-21(18)30/h1-17H,31H2,(H,36,37,38)(H,39,40,41). The number of azo groups is 2. The molecule has 0 spiro atoms. The van der Waals surface area contributed by atoms with E-state index in [0.717, 1.165) is 40.4 Å². The molecule has 0 amide bonds. The summed E-state index contributed by atoms with van der Waals surface area (Å²) in [6.45, 7) is 0. The highest BCUT2D eigenvalue weighted by molar-refractivity contribution is 7.86. The average Bonchev–Trinajstić information content (AvgIpc) is 2.98.